The fourth-order valence-corrected chi connectivity index (χ4v) is 2.38. The molecular weight excluding hydrogens is 274 g/mol. The minimum Gasteiger partial charge on any atom is -0.507 e. The third kappa shape index (κ3) is 4.01. The number of aromatic hydroxyl groups is 1. The van der Waals surface area contributed by atoms with Gasteiger partial charge in [0.05, 0.1) is 11.1 Å². The summed E-state index contributed by atoms with van der Waals surface area (Å²) in [5.41, 5.74) is 2.47. The Hall–Kier alpha value is -2.44. The van der Waals surface area contributed by atoms with Crippen LogP contribution < -0.4 is 5.43 Å². The SMILES string of the molecule is O=C(N/N=C/c1cc([N+](=O)[O-])ccc1O)C1CCCCC1. The molecule has 2 N–H and O–H groups in total. The lowest BCUT2D eigenvalue weighted by molar-refractivity contribution is -0.384. The first kappa shape index (κ1) is 15.0. The molecule has 0 saturated heterocycles. The second kappa shape index (κ2) is 6.83. The largest absolute Gasteiger partial charge is 0.507 e. The number of rotatable bonds is 4. The first-order valence-electron chi connectivity index (χ1n) is 6.88. The zero-order chi connectivity index (χ0) is 15.2. The average molecular weight is 291 g/mol. The lowest BCUT2D eigenvalue weighted by Crippen LogP contribution is -2.28. The van der Waals surface area contributed by atoms with Gasteiger partial charge in [0.2, 0.25) is 5.91 Å². The Morgan fingerprint density at radius 1 is 1.38 bits per heavy atom. The van der Waals surface area contributed by atoms with Crippen LogP contribution in [0.4, 0.5) is 5.69 Å². The number of nitrogens with one attached hydrogen (secondary N) is 1. The standard InChI is InChI=1S/C14H17N3O4/c18-13-7-6-12(17(20)21)8-11(13)9-15-16-14(19)10-4-2-1-3-5-10/h6-10,18H,1-5H2,(H,16,19)/b15-9+. The molecule has 0 radical (unpaired) electrons. The third-order valence-corrected chi connectivity index (χ3v) is 3.58. The van der Waals surface area contributed by atoms with Crippen LogP contribution in [0.2, 0.25) is 0 Å². The number of hydrogen-bond acceptors (Lipinski definition) is 5. The lowest BCUT2D eigenvalue weighted by Gasteiger charge is -2.19. The van der Waals surface area contributed by atoms with E-state index in [0.717, 1.165) is 32.1 Å². The van der Waals surface area contributed by atoms with Crippen molar-refractivity contribution in [3.63, 3.8) is 0 Å². The van der Waals surface area contributed by atoms with E-state index in [0.29, 0.717) is 0 Å². The highest BCUT2D eigenvalue weighted by Gasteiger charge is 2.20. The van der Waals surface area contributed by atoms with Crippen LogP contribution in [-0.4, -0.2) is 22.2 Å². The average Bonchev–Trinajstić information content (AvgIpc) is 2.49. The van der Waals surface area contributed by atoms with Crippen LogP contribution in [0.25, 0.3) is 0 Å². The highest BCUT2D eigenvalue weighted by atomic mass is 16.6. The van der Waals surface area contributed by atoms with Gasteiger partial charge in [-0.25, -0.2) is 5.43 Å². The number of nitrogens with zero attached hydrogens (tertiary/aromatic N) is 2. The monoisotopic (exact) mass is 291 g/mol. The molecule has 1 aromatic rings. The van der Waals surface area contributed by atoms with Crippen LogP contribution in [0.15, 0.2) is 23.3 Å². The Balaban J connectivity index is 1.99. The fraction of sp³-hybridized carbons (Fsp3) is 0.429. The van der Waals surface area contributed by atoms with E-state index >= 15 is 0 Å². The Kier molecular flexibility index (Phi) is 4.86. The van der Waals surface area contributed by atoms with E-state index in [2.05, 4.69) is 10.5 Å². The van der Waals surface area contributed by atoms with Gasteiger partial charge in [-0.2, -0.15) is 5.10 Å². The maximum atomic E-state index is 11.9. The van der Waals surface area contributed by atoms with Gasteiger partial charge in [-0.3, -0.25) is 14.9 Å². The Labute approximate surface area is 121 Å². The molecule has 2 rings (SSSR count). The number of nitro groups is 1. The van der Waals surface area contributed by atoms with Gasteiger partial charge in [0, 0.05) is 23.6 Å². The molecule has 0 bridgehead atoms. The van der Waals surface area contributed by atoms with Crippen molar-refractivity contribution in [1.82, 2.24) is 5.43 Å². The van der Waals surface area contributed by atoms with E-state index in [-0.39, 0.29) is 28.8 Å². The third-order valence-electron chi connectivity index (χ3n) is 3.58. The fourth-order valence-electron chi connectivity index (χ4n) is 2.38. The van der Waals surface area contributed by atoms with Gasteiger partial charge >= 0.3 is 0 Å². The summed E-state index contributed by atoms with van der Waals surface area (Å²) in [7, 11) is 0. The molecule has 1 aliphatic rings. The van der Waals surface area contributed by atoms with Crippen molar-refractivity contribution < 1.29 is 14.8 Å². The lowest BCUT2D eigenvalue weighted by atomic mass is 9.89. The van der Waals surface area contributed by atoms with Gasteiger partial charge in [-0.05, 0) is 18.9 Å². The zero-order valence-electron chi connectivity index (χ0n) is 11.5. The summed E-state index contributed by atoms with van der Waals surface area (Å²) in [5.74, 6) is -0.290. The van der Waals surface area contributed by atoms with Crippen molar-refractivity contribution in [2.45, 2.75) is 32.1 Å². The van der Waals surface area contributed by atoms with Gasteiger partial charge in [0.25, 0.3) is 5.69 Å². The number of phenolic OH excluding ortho intramolecular Hbond substituents is 1. The van der Waals surface area contributed by atoms with Crippen LogP contribution in [0.1, 0.15) is 37.7 Å². The molecule has 21 heavy (non-hydrogen) atoms. The summed E-state index contributed by atoms with van der Waals surface area (Å²) in [4.78, 5) is 22.0. The molecule has 1 saturated carbocycles. The number of non-ortho nitro benzene ring substituents is 1. The van der Waals surface area contributed by atoms with E-state index in [1.165, 1.54) is 24.4 Å². The number of hydrazone groups is 1. The molecule has 0 aliphatic heterocycles. The minimum atomic E-state index is -0.558. The summed E-state index contributed by atoms with van der Waals surface area (Å²) < 4.78 is 0. The molecule has 1 amide bonds. The second-order valence-corrected chi connectivity index (χ2v) is 5.07. The predicted molar refractivity (Wildman–Crippen MR) is 77.1 cm³/mol. The molecule has 1 fully saturated rings. The number of amides is 1. The Bertz CT molecular complexity index is 565. The minimum absolute atomic E-state index is 0.0189. The van der Waals surface area contributed by atoms with Crippen LogP contribution >= 0.6 is 0 Å². The number of carbonyl (C=O) groups is 1. The molecule has 0 spiro atoms. The second-order valence-electron chi connectivity index (χ2n) is 5.07. The van der Waals surface area contributed by atoms with E-state index in [9.17, 15) is 20.0 Å². The van der Waals surface area contributed by atoms with E-state index in [1.807, 2.05) is 0 Å². The van der Waals surface area contributed by atoms with Gasteiger partial charge in [-0.15, -0.1) is 0 Å². The Morgan fingerprint density at radius 3 is 2.76 bits per heavy atom. The topological polar surface area (TPSA) is 105 Å². The highest BCUT2D eigenvalue weighted by molar-refractivity contribution is 5.86. The van der Waals surface area contributed by atoms with Gasteiger partial charge in [0.1, 0.15) is 5.75 Å². The number of phenols is 1. The van der Waals surface area contributed by atoms with Crippen LogP contribution in [0.5, 0.6) is 5.75 Å². The molecular formula is C14H17N3O4. The molecule has 7 nitrogen and oxygen atoms in total. The van der Waals surface area contributed by atoms with Crippen molar-refractivity contribution in [2.24, 2.45) is 11.0 Å². The van der Waals surface area contributed by atoms with E-state index in [4.69, 9.17) is 0 Å². The maximum Gasteiger partial charge on any atom is 0.270 e. The highest BCUT2D eigenvalue weighted by Crippen LogP contribution is 2.24. The summed E-state index contributed by atoms with van der Waals surface area (Å²) in [6.07, 6.45) is 6.20. The zero-order valence-corrected chi connectivity index (χ0v) is 11.5. The summed E-state index contributed by atoms with van der Waals surface area (Å²) in [5, 5.41) is 24.0. The number of nitro benzene ring substituents is 1. The van der Waals surface area contributed by atoms with E-state index < -0.39 is 4.92 Å². The first-order chi connectivity index (χ1) is 10.1. The summed E-state index contributed by atoms with van der Waals surface area (Å²) in [6, 6.07) is 3.63. The molecule has 0 unspecified atom stereocenters. The predicted octanol–water partition coefficient (Wildman–Crippen LogP) is 2.33. The molecule has 1 aliphatic carbocycles. The van der Waals surface area contributed by atoms with Crippen molar-refractivity contribution >= 4 is 17.8 Å². The smallest absolute Gasteiger partial charge is 0.270 e. The van der Waals surface area contributed by atoms with Crippen LogP contribution in [0, 0.1) is 16.0 Å². The van der Waals surface area contributed by atoms with Crippen LogP contribution in [-0.2, 0) is 4.79 Å². The first-order valence-corrected chi connectivity index (χ1v) is 6.88. The van der Waals surface area contributed by atoms with Gasteiger partial charge < -0.3 is 5.11 Å². The quantitative estimate of drug-likeness (QED) is 0.504. The van der Waals surface area contributed by atoms with E-state index in [1.54, 1.807) is 0 Å². The number of hydrogen-bond donors (Lipinski definition) is 2. The molecule has 0 atom stereocenters. The molecule has 7 heteroatoms. The van der Waals surface area contributed by atoms with Gasteiger partial charge in [0.15, 0.2) is 0 Å². The maximum absolute atomic E-state index is 11.9. The Morgan fingerprint density at radius 2 is 2.10 bits per heavy atom. The van der Waals surface area contributed by atoms with Crippen molar-refractivity contribution in [1.29, 1.82) is 0 Å². The summed E-state index contributed by atoms with van der Waals surface area (Å²) in [6.45, 7) is 0. The molecule has 0 aromatic heterocycles. The van der Waals surface area contributed by atoms with Gasteiger partial charge in [-0.1, -0.05) is 19.3 Å². The summed E-state index contributed by atoms with van der Waals surface area (Å²) >= 11 is 0. The van der Waals surface area contributed by atoms with Crippen LogP contribution in [0.3, 0.4) is 0 Å². The number of benzene rings is 1. The van der Waals surface area contributed by atoms with Crippen molar-refractivity contribution in [2.75, 3.05) is 0 Å². The van der Waals surface area contributed by atoms with Crippen molar-refractivity contribution in [3.8, 4) is 5.75 Å². The van der Waals surface area contributed by atoms with Crippen molar-refractivity contribution in [3.05, 3.63) is 33.9 Å². The molecule has 1 aromatic carbocycles. The normalized spacial score (nSPS) is 16.0. The molecule has 0 heterocycles. The molecule has 112 valence electrons. The number of carbonyl (C=O) groups excluding carboxylic acids is 1.